The number of ether oxygens (including phenoxy) is 1. The van der Waals surface area contributed by atoms with Gasteiger partial charge in [0.05, 0.1) is 27.6 Å². The monoisotopic (exact) mass is 284 g/mol. The third-order valence-electron chi connectivity index (χ3n) is 1.80. The molecule has 0 spiro atoms. The molecule has 0 aliphatic rings. The molecule has 0 aromatic rings. The van der Waals surface area contributed by atoms with E-state index in [1.165, 1.54) is 0 Å². The summed E-state index contributed by atoms with van der Waals surface area (Å²) in [5.41, 5.74) is 0. The van der Waals surface area contributed by atoms with Crippen LogP contribution in [0.4, 0.5) is 0 Å². The first-order chi connectivity index (χ1) is 8.10. The number of hydrogen-bond acceptors (Lipinski definition) is 4. The molecule has 7 nitrogen and oxygen atoms in total. The van der Waals surface area contributed by atoms with Crippen LogP contribution in [0.15, 0.2) is 12.2 Å². The van der Waals surface area contributed by atoms with Gasteiger partial charge in [0.15, 0.2) is 6.10 Å². The first-order valence-corrected chi connectivity index (χ1v) is 5.24. The van der Waals surface area contributed by atoms with Crippen molar-refractivity contribution in [3.8, 4) is 0 Å². The third kappa shape index (κ3) is 13.1. The summed E-state index contributed by atoms with van der Waals surface area (Å²) in [4.78, 5) is 32.1. The maximum Gasteiger partial charge on any atom is 2.00 e. The number of carbonyl (C=O) groups is 3. The molecule has 1 atom stereocenters. The van der Waals surface area contributed by atoms with Crippen LogP contribution in [0, 0.1) is 0 Å². The zero-order valence-electron chi connectivity index (χ0n) is 11.3. The molecule has 0 bridgehead atoms. The number of carbonyl (C=O) groups excluding carboxylic acids is 1. The van der Waals surface area contributed by atoms with Gasteiger partial charge in [-0.25, -0.2) is 9.59 Å². The molecule has 0 aliphatic carbocycles. The second-order valence-corrected chi connectivity index (χ2v) is 4.80. The van der Waals surface area contributed by atoms with Crippen LogP contribution in [0.5, 0.6) is 0 Å². The Kier molecular flexibility index (Phi) is 9.45. The van der Waals surface area contributed by atoms with Crippen LogP contribution in [0.25, 0.3) is 0 Å². The number of rotatable bonds is 7. The fourth-order valence-electron chi connectivity index (χ4n) is 1.29. The van der Waals surface area contributed by atoms with Crippen molar-refractivity contribution in [3.05, 3.63) is 12.2 Å². The Labute approximate surface area is 127 Å². The van der Waals surface area contributed by atoms with Gasteiger partial charge < -0.3 is 19.4 Å². The van der Waals surface area contributed by atoms with Gasteiger partial charge in [-0.1, -0.05) is 0 Å². The van der Waals surface area contributed by atoms with Crippen LogP contribution in [0.3, 0.4) is 0 Å². The van der Waals surface area contributed by atoms with Crippen LogP contribution in [0.2, 0.25) is 0 Å². The average Bonchev–Trinajstić information content (AvgIpc) is 2.10. The number of aliphatic carboxylic acids is 2. The molecule has 0 heterocycles. The van der Waals surface area contributed by atoms with Crippen molar-refractivity contribution >= 4 is 41.0 Å². The second-order valence-electron chi connectivity index (χ2n) is 4.80. The van der Waals surface area contributed by atoms with E-state index in [1.54, 1.807) is 0 Å². The van der Waals surface area contributed by atoms with E-state index in [-0.39, 0.29) is 29.5 Å². The Hall–Kier alpha value is -1.12. The summed E-state index contributed by atoms with van der Waals surface area (Å²) in [6, 6.07) is 0. The minimum Gasteiger partial charge on any atom is -0.481 e. The maximum atomic E-state index is 11.3. The van der Waals surface area contributed by atoms with Crippen molar-refractivity contribution in [2.45, 2.75) is 12.5 Å². The molecular weight excluding hydrogens is 266 g/mol. The summed E-state index contributed by atoms with van der Waals surface area (Å²) < 4.78 is 5.33. The summed E-state index contributed by atoms with van der Waals surface area (Å²) in [6.07, 6.45) is 0.287. The zero-order valence-corrected chi connectivity index (χ0v) is 12.7. The Morgan fingerprint density at radius 1 is 1.16 bits per heavy atom. The Bertz CT molecular complexity index is 361. The number of carboxylic acids is 2. The smallest absolute Gasteiger partial charge is 0.481 e. The predicted octanol–water partition coefficient (Wildman–Crippen LogP) is -0.661. The molecule has 0 aromatic carbocycles. The number of quaternary nitrogens is 1. The van der Waals surface area contributed by atoms with E-state index in [4.69, 9.17) is 14.9 Å². The molecule has 102 valence electrons. The molecule has 0 aromatic heterocycles. The summed E-state index contributed by atoms with van der Waals surface area (Å²) in [6.45, 7) is 0.318. The van der Waals surface area contributed by atoms with Crippen molar-refractivity contribution in [1.29, 1.82) is 0 Å². The molecule has 0 saturated carbocycles. The van der Waals surface area contributed by atoms with E-state index < -0.39 is 24.0 Å². The number of hydrogen-bond donors (Lipinski definition) is 2. The molecule has 19 heavy (non-hydrogen) atoms. The maximum absolute atomic E-state index is 11.3. The van der Waals surface area contributed by atoms with Crippen LogP contribution in [0.1, 0.15) is 6.42 Å². The van der Waals surface area contributed by atoms with Gasteiger partial charge in [-0.3, -0.25) is 4.79 Å². The van der Waals surface area contributed by atoms with E-state index in [0.29, 0.717) is 17.1 Å². The second kappa shape index (κ2) is 8.89. The molecule has 8 heteroatoms. The van der Waals surface area contributed by atoms with E-state index in [1.807, 2.05) is 21.1 Å². The largest absolute Gasteiger partial charge is 2.00 e. The van der Waals surface area contributed by atoms with E-state index in [2.05, 4.69) is 0 Å². The van der Waals surface area contributed by atoms with Gasteiger partial charge in [0, 0.05) is 12.2 Å². The number of carboxylic acid groups (broad SMARTS) is 2. The summed E-state index contributed by atoms with van der Waals surface area (Å²) in [5.74, 6) is -3.21. The molecule has 0 radical (unpaired) electrons. The van der Waals surface area contributed by atoms with Gasteiger partial charge >= 0.3 is 41.0 Å². The van der Waals surface area contributed by atoms with E-state index >= 15 is 0 Å². The van der Waals surface area contributed by atoms with Crippen molar-refractivity contribution in [2.75, 3.05) is 27.7 Å². The minimum absolute atomic E-state index is 0. The molecule has 0 unspecified atom stereocenters. The number of esters is 1. The van der Waals surface area contributed by atoms with Crippen LogP contribution in [-0.4, -0.2) is 89.4 Å². The predicted molar refractivity (Wildman–Crippen MR) is 67.6 cm³/mol. The number of likely N-dealkylation sites (N-methyl/N-ethyl adjacent to an activating group) is 1. The third-order valence-corrected chi connectivity index (χ3v) is 1.80. The van der Waals surface area contributed by atoms with Crippen LogP contribution < -0.4 is 0 Å². The zero-order chi connectivity index (χ0) is 14.3. The van der Waals surface area contributed by atoms with E-state index in [9.17, 15) is 14.4 Å². The topological polar surface area (TPSA) is 101 Å². The van der Waals surface area contributed by atoms with Crippen LogP contribution in [-0.2, 0) is 19.1 Å². The Morgan fingerprint density at radius 2 is 1.68 bits per heavy atom. The summed E-state index contributed by atoms with van der Waals surface area (Å²) in [5, 5.41) is 17.0. The average molecular weight is 285 g/mol. The molecule has 0 amide bonds. The standard InChI is InChI=1S/C11H17NO6.Mg/c1-12(2,3)7-8(6-10(15)16)18-11(17)5-4-9(13)14;/h4-5,8H,6-7H2,1-3H3,(H-,13,14,15,16);/q;+2/p+1/b5-4+;/t8-;/m1./s1. The van der Waals surface area contributed by atoms with Gasteiger partial charge in [0.2, 0.25) is 0 Å². The van der Waals surface area contributed by atoms with Crippen molar-refractivity contribution in [3.63, 3.8) is 0 Å². The van der Waals surface area contributed by atoms with Crippen molar-refractivity contribution < 1.29 is 33.8 Å². The summed E-state index contributed by atoms with van der Waals surface area (Å²) >= 11 is 0. The molecule has 2 N–H and O–H groups in total. The fraction of sp³-hybridized carbons (Fsp3) is 0.545. The van der Waals surface area contributed by atoms with Gasteiger partial charge in [-0.2, -0.15) is 0 Å². The Morgan fingerprint density at radius 3 is 2.05 bits per heavy atom. The minimum atomic E-state index is -1.27. The molecule has 0 saturated heterocycles. The van der Waals surface area contributed by atoms with Crippen LogP contribution >= 0.6 is 0 Å². The van der Waals surface area contributed by atoms with Crippen molar-refractivity contribution in [2.24, 2.45) is 0 Å². The van der Waals surface area contributed by atoms with E-state index in [0.717, 1.165) is 6.08 Å². The number of nitrogens with zero attached hydrogens (tertiary/aromatic N) is 1. The van der Waals surface area contributed by atoms with Crippen molar-refractivity contribution in [1.82, 2.24) is 0 Å². The molecule has 0 aliphatic heterocycles. The quantitative estimate of drug-likeness (QED) is 0.278. The first kappa shape index (κ1) is 20.2. The van der Waals surface area contributed by atoms with Gasteiger partial charge in [-0.05, 0) is 0 Å². The molecule has 0 fully saturated rings. The normalized spacial score (nSPS) is 12.6. The fourth-order valence-corrected chi connectivity index (χ4v) is 1.29. The first-order valence-electron chi connectivity index (χ1n) is 5.24. The SMILES string of the molecule is C[N+](C)(C)C[C@@H](CC(=O)O)OC(=O)/C=C/C(=O)O.[Mg+2]. The summed E-state index contributed by atoms with van der Waals surface area (Å²) in [7, 11) is 5.49. The van der Waals surface area contributed by atoms with Gasteiger partial charge in [0.25, 0.3) is 0 Å². The molecule has 0 rings (SSSR count). The molecular formula is C11H18MgNO6+3. The van der Waals surface area contributed by atoms with Gasteiger partial charge in [0.1, 0.15) is 6.54 Å². The van der Waals surface area contributed by atoms with Gasteiger partial charge in [-0.15, -0.1) is 0 Å². The Balaban J connectivity index is 0.